The summed E-state index contributed by atoms with van der Waals surface area (Å²) in [6.07, 6.45) is 15.3. The largest absolute Gasteiger partial charge is 0.494 e. The van der Waals surface area contributed by atoms with Crippen molar-refractivity contribution in [3.8, 4) is 21.5 Å². The van der Waals surface area contributed by atoms with Crippen molar-refractivity contribution in [2.45, 2.75) is 121 Å². The fourth-order valence-electron chi connectivity index (χ4n) is 5.27. The Morgan fingerprint density at radius 1 is 0.684 bits per heavy atom. The molecule has 0 atom stereocenters. The van der Waals surface area contributed by atoms with Gasteiger partial charge in [-0.1, -0.05) is 112 Å². The monoisotopic (exact) mass is 596 g/mol. The molecule has 0 radical (unpaired) electrons. The zero-order valence-corrected chi connectivity index (χ0v) is 28.4. The molecule has 0 saturated carbocycles. The molecule has 38 heavy (non-hydrogen) atoms. The number of alkyl halides is 1. The van der Waals surface area contributed by atoms with Crippen molar-refractivity contribution < 1.29 is 9.47 Å². The normalized spacial score (nSPS) is 12.2. The fraction of sp³-hybridized carbons (Fsp3) is 0.733. The molecule has 0 N–H and O–H groups in total. The second kappa shape index (κ2) is 18.5. The highest BCUT2D eigenvalue weighted by atomic mass is 35.5. The Hall–Kier alpha value is -0.896. The third-order valence-electron chi connectivity index (χ3n) is 6.79. The summed E-state index contributed by atoms with van der Waals surface area (Å²) >= 11 is 7.19. The fourth-order valence-corrected chi connectivity index (χ4v) is 19.6. The van der Waals surface area contributed by atoms with Crippen molar-refractivity contribution in [2.75, 3.05) is 19.1 Å². The van der Waals surface area contributed by atoms with Gasteiger partial charge in [-0.2, -0.15) is 0 Å². The van der Waals surface area contributed by atoms with Crippen LogP contribution < -0.4 is 9.47 Å². The first-order valence-electron chi connectivity index (χ1n) is 14.9. The van der Waals surface area contributed by atoms with E-state index in [0.29, 0.717) is 17.7 Å². The number of hydrogen-bond donors (Lipinski definition) is 0. The van der Waals surface area contributed by atoms with Crippen LogP contribution in [0.25, 0.3) is 10.6 Å². The minimum Gasteiger partial charge on any atom is -0.494 e. The van der Waals surface area contributed by atoms with E-state index >= 15 is 0 Å². The van der Waals surface area contributed by atoms with Gasteiger partial charge in [0.05, 0.1) is 13.2 Å². The summed E-state index contributed by atoms with van der Waals surface area (Å²) in [6, 6.07) is 9.69. The zero-order chi connectivity index (χ0) is 27.7. The van der Waals surface area contributed by atoms with Crippen molar-refractivity contribution in [2.24, 2.45) is 0 Å². The summed E-state index contributed by atoms with van der Waals surface area (Å²) in [5.41, 5.74) is 2.64. The predicted molar refractivity (Wildman–Crippen MR) is 173 cm³/mol. The lowest BCUT2D eigenvalue weighted by atomic mass is 10.1. The molecular weight excluding hydrogens is 544 g/mol. The first kappa shape index (κ1) is 33.3. The Kier molecular flexibility index (Phi) is 16.2. The molecule has 0 aliphatic heterocycles. The number of ether oxygens (including phenoxy) is 2. The minimum absolute atomic E-state index is 0.629. The van der Waals surface area contributed by atoms with Crippen molar-refractivity contribution in [3.63, 3.8) is 0 Å². The number of aromatic nitrogens is 2. The summed E-state index contributed by atoms with van der Waals surface area (Å²) in [5.74, 6) is 1.63. The Bertz CT molecular complexity index is 872. The van der Waals surface area contributed by atoms with Crippen LogP contribution in [0.1, 0.15) is 77.0 Å². The molecule has 0 unspecified atom stereocenters. The maximum Gasteiger partial charge on any atom is 0.294 e. The quantitative estimate of drug-likeness (QED) is 0.0770. The first-order chi connectivity index (χ1) is 18.2. The minimum atomic E-state index is -0.945. The lowest BCUT2D eigenvalue weighted by molar-refractivity contribution is 0.302. The smallest absolute Gasteiger partial charge is 0.294 e. The van der Waals surface area contributed by atoms with Gasteiger partial charge in [-0.05, 0) is 49.9 Å². The molecule has 0 aliphatic carbocycles. The summed E-state index contributed by atoms with van der Waals surface area (Å²) < 4.78 is 11.7. The summed E-state index contributed by atoms with van der Waals surface area (Å²) in [6.45, 7) is 14.3. The lowest BCUT2D eigenvalue weighted by Gasteiger charge is -2.29. The van der Waals surface area contributed by atoms with E-state index in [1.165, 1.54) is 68.7 Å². The van der Waals surface area contributed by atoms with Crippen LogP contribution in [0.3, 0.4) is 0 Å². The van der Waals surface area contributed by atoms with Gasteiger partial charge in [0.15, 0.2) is 5.01 Å². The number of unbranched alkanes of at least 4 members (excludes halogenated alkanes) is 10. The average Bonchev–Trinajstić information content (AvgIpc) is 3.32. The number of hydrogen-bond acceptors (Lipinski definition) is 5. The standard InChI is InChI=1S/C30H53ClN2O2SSi2/c1-37(2,3)26-38(4,5)25-17-12-10-8-6-7-9-11-15-23-34-28-20-18-27(19-21-28)29-32-33-30(36-29)35-24-16-13-14-22-31/h18-21H,6-17,22-26H2,1-5H3. The van der Waals surface area contributed by atoms with Crippen molar-refractivity contribution in [1.82, 2.24) is 10.2 Å². The molecule has 1 heterocycles. The molecule has 4 nitrogen and oxygen atoms in total. The number of rotatable bonds is 22. The highest BCUT2D eigenvalue weighted by Crippen LogP contribution is 2.29. The van der Waals surface area contributed by atoms with E-state index in [0.717, 1.165) is 48.6 Å². The number of benzene rings is 1. The number of nitrogens with zero attached hydrogens (tertiary/aromatic N) is 2. The van der Waals surface area contributed by atoms with E-state index in [4.69, 9.17) is 21.1 Å². The van der Waals surface area contributed by atoms with Crippen LogP contribution in [0, 0.1) is 0 Å². The molecule has 0 saturated heterocycles. The third kappa shape index (κ3) is 15.6. The molecule has 8 heteroatoms. The van der Waals surface area contributed by atoms with Gasteiger partial charge in [0.25, 0.3) is 5.19 Å². The molecule has 0 aliphatic rings. The van der Waals surface area contributed by atoms with Gasteiger partial charge < -0.3 is 9.47 Å². The average molecular weight is 597 g/mol. The van der Waals surface area contributed by atoms with Gasteiger partial charge in [0, 0.05) is 27.6 Å². The zero-order valence-electron chi connectivity index (χ0n) is 24.8. The topological polar surface area (TPSA) is 44.2 Å². The van der Waals surface area contributed by atoms with Crippen LogP contribution >= 0.6 is 22.9 Å². The molecular formula is C30H53ClN2O2SSi2. The van der Waals surface area contributed by atoms with Gasteiger partial charge in [0.2, 0.25) is 0 Å². The highest BCUT2D eigenvalue weighted by Gasteiger charge is 2.27. The lowest BCUT2D eigenvalue weighted by Crippen LogP contribution is -2.37. The predicted octanol–water partition coefficient (Wildman–Crippen LogP) is 10.5. The van der Waals surface area contributed by atoms with Gasteiger partial charge in [-0.15, -0.1) is 16.7 Å². The first-order valence-corrected chi connectivity index (χ1v) is 23.4. The molecule has 1 aromatic heterocycles. The van der Waals surface area contributed by atoms with E-state index in [9.17, 15) is 0 Å². The summed E-state index contributed by atoms with van der Waals surface area (Å²) in [5, 5.41) is 9.93. The van der Waals surface area contributed by atoms with Crippen LogP contribution in [0.2, 0.25) is 44.4 Å². The van der Waals surface area contributed by atoms with Crippen molar-refractivity contribution >= 4 is 39.1 Å². The molecule has 0 spiro atoms. The van der Waals surface area contributed by atoms with Crippen molar-refractivity contribution in [1.29, 1.82) is 0 Å². The highest BCUT2D eigenvalue weighted by molar-refractivity contribution is 7.16. The molecule has 2 rings (SSSR count). The molecule has 1 aromatic carbocycles. The second-order valence-corrected chi connectivity index (χ2v) is 25.4. The SMILES string of the molecule is C[Si](C)(C)C[Si](C)(C)CCCCCCCCCCCOc1ccc(-c2nnc(OCCCCCCl)s2)cc1. The maximum atomic E-state index is 5.96. The Morgan fingerprint density at radius 3 is 1.84 bits per heavy atom. The molecule has 0 amide bonds. The van der Waals surface area contributed by atoms with Gasteiger partial charge >= 0.3 is 0 Å². The van der Waals surface area contributed by atoms with E-state index in [1.54, 1.807) is 5.67 Å². The van der Waals surface area contributed by atoms with Crippen molar-refractivity contribution in [3.05, 3.63) is 24.3 Å². The Balaban J connectivity index is 1.47. The van der Waals surface area contributed by atoms with Gasteiger partial charge in [-0.25, -0.2) is 0 Å². The van der Waals surface area contributed by atoms with Crippen LogP contribution in [0.15, 0.2) is 24.3 Å². The van der Waals surface area contributed by atoms with E-state index in [2.05, 4.69) is 55.1 Å². The second-order valence-electron chi connectivity index (χ2n) is 12.7. The maximum absolute atomic E-state index is 5.96. The van der Waals surface area contributed by atoms with Crippen LogP contribution in [-0.2, 0) is 0 Å². The number of halogens is 1. The Labute approximate surface area is 244 Å². The van der Waals surface area contributed by atoms with Gasteiger partial charge in [0.1, 0.15) is 5.75 Å². The van der Waals surface area contributed by atoms with Crippen LogP contribution in [0.4, 0.5) is 0 Å². The van der Waals surface area contributed by atoms with Gasteiger partial charge in [-0.3, -0.25) is 0 Å². The summed E-state index contributed by atoms with van der Waals surface area (Å²) in [7, 11) is -1.84. The third-order valence-corrected chi connectivity index (χ3v) is 17.7. The Morgan fingerprint density at radius 2 is 1.24 bits per heavy atom. The molecule has 0 fully saturated rings. The van der Waals surface area contributed by atoms with E-state index < -0.39 is 16.1 Å². The summed E-state index contributed by atoms with van der Waals surface area (Å²) in [4.78, 5) is 0. The van der Waals surface area contributed by atoms with E-state index in [-0.39, 0.29) is 0 Å². The molecule has 2 aromatic rings. The van der Waals surface area contributed by atoms with Crippen LogP contribution in [0.5, 0.6) is 10.9 Å². The van der Waals surface area contributed by atoms with E-state index in [1.807, 2.05) is 12.1 Å². The van der Waals surface area contributed by atoms with Crippen LogP contribution in [-0.4, -0.2) is 45.4 Å². The molecule has 0 bridgehead atoms. The molecule has 216 valence electrons.